The second kappa shape index (κ2) is 12.7. The van der Waals surface area contributed by atoms with E-state index in [4.69, 9.17) is 9.72 Å². The number of aliphatic hydroxyl groups is 1. The molecule has 12 heteroatoms. The van der Waals surface area contributed by atoms with E-state index in [-0.39, 0.29) is 32.0 Å². The van der Waals surface area contributed by atoms with Crippen LogP contribution in [0.1, 0.15) is 50.8 Å². The minimum atomic E-state index is -4.24. The molecule has 9 nitrogen and oxygen atoms in total. The average molecular weight is 587 g/mol. The topological polar surface area (TPSA) is 105 Å². The summed E-state index contributed by atoms with van der Waals surface area (Å²) >= 11 is 0. The van der Waals surface area contributed by atoms with Gasteiger partial charge >= 0.3 is 12.2 Å². The molecule has 1 aromatic carbocycles. The molecule has 4 heterocycles. The molecule has 2 fully saturated rings. The number of halogens is 3. The lowest BCUT2D eigenvalue weighted by molar-refractivity contribution is -0.143. The Labute approximate surface area is 243 Å². The summed E-state index contributed by atoms with van der Waals surface area (Å²) in [7, 11) is 0. The molecule has 0 radical (unpaired) electrons. The van der Waals surface area contributed by atoms with Crippen molar-refractivity contribution in [3.8, 4) is 22.4 Å². The maximum absolute atomic E-state index is 12.9. The number of amides is 2. The van der Waals surface area contributed by atoms with Crippen molar-refractivity contribution in [2.45, 2.75) is 64.4 Å². The van der Waals surface area contributed by atoms with Crippen LogP contribution in [0.15, 0.2) is 42.7 Å². The number of carbonyl (C=O) groups is 1. The molecule has 2 aromatic heterocycles. The summed E-state index contributed by atoms with van der Waals surface area (Å²) in [6.07, 6.45) is 1.81. The first-order valence-corrected chi connectivity index (χ1v) is 14.4. The molecule has 0 aliphatic carbocycles. The number of alkyl halides is 3. The number of anilines is 2. The van der Waals surface area contributed by atoms with Gasteiger partial charge in [-0.25, -0.2) is 14.5 Å². The number of nitrogens with zero attached hydrogens (tertiary/aromatic N) is 4. The van der Waals surface area contributed by atoms with Crippen molar-refractivity contribution >= 4 is 17.5 Å². The molecule has 2 amide bonds. The number of carbonyl (C=O) groups excluding carboxylic acids is 1. The van der Waals surface area contributed by atoms with Crippen LogP contribution >= 0.6 is 0 Å². The van der Waals surface area contributed by atoms with Gasteiger partial charge in [-0.15, -0.1) is 0 Å². The highest BCUT2D eigenvalue weighted by Gasteiger charge is 2.36. The van der Waals surface area contributed by atoms with Gasteiger partial charge in [0.15, 0.2) is 0 Å². The predicted octanol–water partition coefficient (Wildman–Crippen LogP) is 6.22. The van der Waals surface area contributed by atoms with Gasteiger partial charge in [0.25, 0.3) is 0 Å². The number of aliphatic hydroxyl groups excluding tert-OH is 1. The fourth-order valence-corrected chi connectivity index (χ4v) is 5.49. The maximum atomic E-state index is 12.9. The van der Waals surface area contributed by atoms with E-state index in [1.165, 1.54) is 4.90 Å². The summed E-state index contributed by atoms with van der Waals surface area (Å²) in [5, 5.41) is 20.3. The number of likely N-dealkylation sites (tertiary alicyclic amines) is 1. The first-order valence-electron chi connectivity index (χ1n) is 14.4. The van der Waals surface area contributed by atoms with Crippen molar-refractivity contribution in [3.05, 3.63) is 48.3 Å². The number of aromatic nitrogens is 3. The molecule has 5 rings (SSSR count). The van der Waals surface area contributed by atoms with Crippen LogP contribution < -0.4 is 10.6 Å². The summed E-state index contributed by atoms with van der Waals surface area (Å²) in [5.74, 6) is -0.00633. The molecule has 3 aromatic rings. The Balaban J connectivity index is 1.40. The van der Waals surface area contributed by atoms with E-state index in [0.29, 0.717) is 30.2 Å². The van der Waals surface area contributed by atoms with Gasteiger partial charge in [0, 0.05) is 49.6 Å². The van der Waals surface area contributed by atoms with Crippen LogP contribution in [0.5, 0.6) is 0 Å². The van der Waals surface area contributed by atoms with E-state index in [1.807, 2.05) is 49.0 Å². The third-order valence-electron chi connectivity index (χ3n) is 7.73. The molecule has 3 N–H and O–H groups in total. The monoisotopic (exact) mass is 586 g/mol. The molecule has 42 heavy (non-hydrogen) atoms. The predicted molar refractivity (Wildman–Crippen MR) is 154 cm³/mol. The molecule has 0 saturated carbocycles. The summed E-state index contributed by atoms with van der Waals surface area (Å²) in [6.45, 7) is 4.82. The second-order valence-corrected chi connectivity index (χ2v) is 11.3. The fourth-order valence-electron chi connectivity index (χ4n) is 5.49. The van der Waals surface area contributed by atoms with Crippen LogP contribution in [0, 0.1) is 12.8 Å². The Kier molecular flexibility index (Phi) is 9.02. The summed E-state index contributed by atoms with van der Waals surface area (Å²) < 4.78 is 46.1. The number of hydrogen-bond acceptors (Lipinski definition) is 6. The van der Waals surface area contributed by atoms with Gasteiger partial charge in [0.1, 0.15) is 12.0 Å². The summed E-state index contributed by atoms with van der Waals surface area (Å²) in [5.41, 5.74) is 4.70. The number of urea groups is 1. The first kappa shape index (κ1) is 29.8. The van der Waals surface area contributed by atoms with E-state index in [9.17, 15) is 23.1 Å². The first-order chi connectivity index (χ1) is 20.1. The van der Waals surface area contributed by atoms with E-state index < -0.39 is 24.5 Å². The molecular formula is C30H37F3N6O3. The minimum absolute atomic E-state index is 0.0704. The lowest BCUT2D eigenvalue weighted by Gasteiger charge is -2.22. The zero-order valence-corrected chi connectivity index (χ0v) is 23.8. The van der Waals surface area contributed by atoms with Crippen molar-refractivity contribution in [2.24, 2.45) is 5.92 Å². The standard InChI is InChI=1S/C30H37F3N6O3/c1-19-6-7-24(36-29(41)38-9-8-21(16-38)14-30(31,32)33)13-25(19)22-11-26(37-27(12-22)35-20(2)18-40)23-15-34-39(17-23)28-5-3-4-10-42-28/h6-7,11-13,15,17,20-21,28,40H,3-5,8-10,14,16,18H2,1-2H3,(H,35,37)(H,36,41)/t20?,21-,28?/m0/s1. The smallest absolute Gasteiger partial charge is 0.389 e. The number of nitrogens with one attached hydrogen (secondary N) is 2. The SMILES string of the molecule is Cc1ccc(NC(=O)N2CC[C@@H](CC(F)(F)F)C2)cc1-c1cc(NC(C)CO)nc(-c2cnn(C3CCCCO3)c2)c1. The van der Waals surface area contributed by atoms with Crippen molar-refractivity contribution in [3.63, 3.8) is 0 Å². The van der Waals surface area contributed by atoms with Crippen molar-refractivity contribution < 1.29 is 27.8 Å². The summed E-state index contributed by atoms with van der Waals surface area (Å²) in [6, 6.07) is 8.73. The highest BCUT2D eigenvalue weighted by Crippen LogP contribution is 2.34. The molecule has 2 aliphatic heterocycles. The van der Waals surface area contributed by atoms with Crippen molar-refractivity contribution in [2.75, 3.05) is 36.9 Å². The minimum Gasteiger partial charge on any atom is -0.394 e. The number of rotatable bonds is 8. The Morgan fingerprint density at radius 3 is 2.76 bits per heavy atom. The van der Waals surface area contributed by atoms with Crippen molar-refractivity contribution in [1.82, 2.24) is 19.7 Å². The molecule has 2 aliphatic rings. The molecule has 2 saturated heterocycles. The molecule has 0 spiro atoms. The van der Waals surface area contributed by atoms with Crippen LogP contribution in [0.25, 0.3) is 22.4 Å². The number of pyridine rings is 1. The number of aryl methyl sites for hydroxylation is 1. The number of benzene rings is 1. The van der Waals surface area contributed by atoms with Gasteiger partial charge in [-0.05, 0) is 86.4 Å². The maximum Gasteiger partial charge on any atom is 0.389 e. The largest absolute Gasteiger partial charge is 0.394 e. The highest BCUT2D eigenvalue weighted by molar-refractivity contribution is 5.91. The normalized spacial score (nSPS) is 20.0. The zero-order chi connectivity index (χ0) is 29.9. The number of hydrogen-bond donors (Lipinski definition) is 3. The Morgan fingerprint density at radius 1 is 1.19 bits per heavy atom. The Morgan fingerprint density at radius 2 is 2.02 bits per heavy atom. The van der Waals surface area contributed by atoms with E-state index in [2.05, 4.69) is 15.7 Å². The van der Waals surface area contributed by atoms with Crippen LogP contribution in [0.3, 0.4) is 0 Å². The second-order valence-electron chi connectivity index (χ2n) is 11.3. The molecule has 0 bridgehead atoms. The van der Waals surface area contributed by atoms with E-state index in [0.717, 1.165) is 41.5 Å². The van der Waals surface area contributed by atoms with Gasteiger partial charge in [0.05, 0.1) is 18.5 Å². The fraction of sp³-hybridized carbons (Fsp3) is 0.500. The molecule has 3 atom stereocenters. The lowest BCUT2D eigenvalue weighted by Crippen LogP contribution is -2.33. The molecule has 2 unspecified atom stereocenters. The molecule has 226 valence electrons. The third-order valence-corrected chi connectivity index (χ3v) is 7.73. The Hall–Kier alpha value is -3.64. The quantitative estimate of drug-likeness (QED) is 0.290. The van der Waals surface area contributed by atoms with E-state index >= 15 is 0 Å². The van der Waals surface area contributed by atoms with Crippen LogP contribution in [0.2, 0.25) is 0 Å². The van der Waals surface area contributed by atoms with E-state index in [1.54, 1.807) is 12.3 Å². The van der Waals surface area contributed by atoms with Crippen LogP contribution in [-0.4, -0.2) is 69.3 Å². The zero-order valence-electron chi connectivity index (χ0n) is 23.8. The molecular weight excluding hydrogens is 549 g/mol. The van der Waals surface area contributed by atoms with Gasteiger partial charge in [-0.1, -0.05) is 6.07 Å². The number of ether oxygens (including phenoxy) is 1. The lowest BCUT2D eigenvalue weighted by atomic mass is 9.99. The third kappa shape index (κ3) is 7.40. The van der Waals surface area contributed by atoms with Gasteiger partial charge < -0.3 is 25.4 Å². The van der Waals surface area contributed by atoms with Crippen LogP contribution in [-0.2, 0) is 4.74 Å². The van der Waals surface area contributed by atoms with Gasteiger partial charge in [-0.2, -0.15) is 18.3 Å². The Bertz CT molecular complexity index is 1390. The van der Waals surface area contributed by atoms with Crippen molar-refractivity contribution in [1.29, 1.82) is 0 Å². The van der Waals surface area contributed by atoms with Gasteiger partial charge in [0.2, 0.25) is 0 Å². The average Bonchev–Trinajstić information content (AvgIpc) is 3.64. The summed E-state index contributed by atoms with van der Waals surface area (Å²) in [4.78, 5) is 19.1. The highest BCUT2D eigenvalue weighted by atomic mass is 19.4. The van der Waals surface area contributed by atoms with Crippen LogP contribution in [0.4, 0.5) is 29.5 Å². The van der Waals surface area contributed by atoms with Gasteiger partial charge in [-0.3, -0.25) is 0 Å².